The molecule has 2 aromatic carbocycles. The lowest BCUT2D eigenvalue weighted by Gasteiger charge is -2.17. The van der Waals surface area contributed by atoms with Gasteiger partial charge in [-0.25, -0.2) is 0 Å². The number of para-hydroxylation sites is 1. The fourth-order valence-corrected chi connectivity index (χ4v) is 3.00. The van der Waals surface area contributed by atoms with Gasteiger partial charge in [-0.2, -0.15) is 0 Å². The van der Waals surface area contributed by atoms with Gasteiger partial charge in [0, 0.05) is 23.5 Å². The van der Waals surface area contributed by atoms with Crippen LogP contribution in [-0.4, -0.2) is 37.3 Å². The van der Waals surface area contributed by atoms with Crippen molar-refractivity contribution in [3.05, 3.63) is 59.7 Å². The molecule has 3 amide bonds. The second kappa shape index (κ2) is 7.28. The van der Waals surface area contributed by atoms with Crippen LogP contribution in [0.25, 0.3) is 0 Å². The van der Waals surface area contributed by atoms with E-state index in [4.69, 9.17) is 10.5 Å². The Morgan fingerprint density at radius 2 is 1.85 bits per heavy atom. The molecule has 8 heteroatoms. The molecular formula is C19H17N3O5. The van der Waals surface area contributed by atoms with Gasteiger partial charge in [-0.15, -0.1) is 0 Å². The van der Waals surface area contributed by atoms with Crippen molar-refractivity contribution in [2.24, 2.45) is 5.73 Å². The summed E-state index contributed by atoms with van der Waals surface area (Å²) in [7, 11) is 1.27. The van der Waals surface area contributed by atoms with Gasteiger partial charge in [-0.3, -0.25) is 19.2 Å². The van der Waals surface area contributed by atoms with E-state index in [9.17, 15) is 19.2 Å². The number of rotatable bonds is 3. The van der Waals surface area contributed by atoms with Crippen LogP contribution < -0.4 is 16.0 Å². The molecule has 138 valence electrons. The van der Waals surface area contributed by atoms with Crippen LogP contribution in [0.2, 0.25) is 0 Å². The Hall–Kier alpha value is -3.68. The monoisotopic (exact) mass is 367 g/mol. The largest absolute Gasteiger partial charge is 0.468 e. The third kappa shape index (κ3) is 3.50. The molecule has 8 nitrogen and oxygen atoms in total. The highest BCUT2D eigenvalue weighted by Gasteiger charge is 2.39. The quantitative estimate of drug-likeness (QED) is 0.620. The van der Waals surface area contributed by atoms with Crippen molar-refractivity contribution in [2.45, 2.75) is 5.92 Å². The van der Waals surface area contributed by atoms with E-state index in [-0.39, 0.29) is 17.8 Å². The molecule has 0 bridgehead atoms. The van der Waals surface area contributed by atoms with Crippen molar-refractivity contribution >= 4 is 35.1 Å². The maximum atomic E-state index is 12.7. The first kappa shape index (κ1) is 18.1. The highest BCUT2D eigenvalue weighted by molar-refractivity contribution is 6.44. The Bertz CT molecular complexity index is 940. The van der Waals surface area contributed by atoms with Crippen LogP contribution in [0, 0.1) is 0 Å². The average Bonchev–Trinajstić information content (AvgIpc) is 3.06. The van der Waals surface area contributed by atoms with Crippen LogP contribution in [0.15, 0.2) is 48.5 Å². The minimum atomic E-state index is -0.892. The summed E-state index contributed by atoms with van der Waals surface area (Å²) in [6.07, 6.45) is 0. The Kier molecular flexibility index (Phi) is 4.89. The highest BCUT2D eigenvalue weighted by Crippen LogP contribution is 2.36. The summed E-state index contributed by atoms with van der Waals surface area (Å²) in [5.74, 6) is -3.49. The predicted octanol–water partition coefficient (Wildman–Crippen LogP) is 1.03. The standard InChI is InChI=1S/C19H17N3O5/c1-27-19(26)14-10-22(15-8-3-2-7-13(14)15)18(25)17(24)21-12-6-4-5-11(9-12)16(20)23/h2-9,14H,10H2,1H3,(H2,20,23)(H,21,24)/t14-/m0/s1. The first-order chi connectivity index (χ1) is 12.9. The van der Waals surface area contributed by atoms with Gasteiger partial charge in [0.1, 0.15) is 5.92 Å². The van der Waals surface area contributed by atoms with E-state index >= 15 is 0 Å². The van der Waals surface area contributed by atoms with Crippen LogP contribution >= 0.6 is 0 Å². The van der Waals surface area contributed by atoms with E-state index in [1.165, 1.54) is 30.2 Å². The lowest BCUT2D eigenvalue weighted by molar-refractivity contribution is -0.142. The third-order valence-electron chi connectivity index (χ3n) is 4.30. The molecule has 0 spiro atoms. The number of nitrogens with two attached hydrogens (primary N) is 1. The fourth-order valence-electron chi connectivity index (χ4n) is 3.00. The molecule has 0 saturated carbocycles. The van der Waals surface area contributed by atoms with Gasteiger partial charge in [0.15, 0.2) is 0 Å². The highest BCUT2D eigenvalue weighted by atomic mass is 16.5. The number of anilines is 2. The molecule has 27 heavy (non-hydrogen) atoms. The third-order valence-corrected chi connectivity index (χ3v) is 4.30. The lowest BCUT2D eigenvalue weighted by atomic mass is 10.0. The predicted molar refractivity (Wildman–Crippen MR) is 97.1 cm³/mol. The number of nitrogens with zero attached hydrogens (tertiary/aromatic N) is 1. The smallest absolute Gasteiger partial charge is 0.316 e. The van der Waals surface area contributed by atoms with Crippen LogP contribution in [0.5, 0.6) is 0 Å². The first-order valence-corrected chi connectivity index (χ1v) is 8.12. The van der Waals surface area contributed by atoms with E-state index in [1.54, 1.807) is 30.3 Å². The SMILES string of the molecule is COC(=O)[C@H]1CN(C(=O)C(=O)Nc2cccc(C(N)=O)c2)c2ccccc21. The van der Waals surface area contributed by atoms with Gasteiger partial charge in [0.2, 0.25) is 5.91 Å². The van der Waals surface area contributed by atoms with Gasteiger partial charge in [0.05, 0.1) is 7.11 Å². The van der Waals surface area contributed by atoms with Gasteiger partial charge in [0.25, 0.3) is 0 Å². The number of nitrogens with one attached hydrogen (secondary N) is 1. The number of carbonyl (C=O) groups is 4. The van der Waals surface area contributed by atoms with Crippen molar-refractivity contribution < 1.29 is 23.9 Å². The Morgan fingerprint density at radius 1 is 1.11 bits per heavy atom. The van der Waals surface area contributed by atoms with Crippen molar-refractivity contribution in [2.75, 3.05) is 23.9 Å². The molecule has 1 aliphatic heterocycles. The molecule has 1 heterocycles. The molecule has 0 fully saturated rings. The Balaban J connectivity index is 1.81. The van der Waals surface area contributed by atoms with Crippen molar-refractivity contribution in [3.8, 4) is 0 Å². The minimum Gasteiger partial charge on any atom is -0.468 e. The topological polar surface area (TPSA) is 119 Å². The summed E-state index contributed by atoms with van der Waals surface area (Å²) in [5.41, 5.74) is 6.79. The van der Waals surface area contributed by atoms with E-state index < -0.39 is 29.6 Å². The summed E-state index contributed by atoms with van der Waals surface area (Å²) in [5, 5.41) is 2.45. The zero-order chi connectivity index (χ0) is 19.6. The van der Waals surface area contributed by atoms with E-state index in [2.05, 4.69) is 5.32 Å². The maximum absolute atomic E-state index is 12.7. The van der Waals surface area contributed by atoms with E-state index in [0.29, 0.717) is 11.3 Å². The number of primary amides is 1. The van der Waals surface area contributed by atoms with Gasteiger partial charge >= 0.3 is 17.8 Å². The van der Waals surface area contributed by atoms with Crippen molar-refractivity contribution in [1.82, 2.24) is 0 Å². The first-order valence-electron chi connectivity index (χ1n) is 8.12. The van der Waals surface area contributed by atoms with Crippen molar-refractivity contribution in [3.63, 3.8) is 0 Å². The van der Waals surface area contributed by atoms with E-state index in [1.807, 2.05) is 0 Å². The second-order valence-corrected chi connectivity index (χ2v) is 5.95. The Labute approximate surface area is 154 Å². The molecule has 3 rings (SSSR count). The fraction of sp³-hybridized carbons (Fsp3) is 0.158. The maximum Gasteiger partial charge on any atom is 0.316 e. The van der Waals surface area contributed by atoms with Crippen LogP contribution in [-0.2, 0) is 19.1 Å². The number of ether oxygens (including phenoxy) is 1. The summed E-state index contributed by atoms with van der Waals surface area (Å²) in [6, 6.07) is 12.8. The average molecular weight is 367 g/mol. The number of methoxy groups -OCH3 is 1. The van der Waals surface area contributed by atoms with Gasteiger partial charge < -0.3 is 20.7 Å². The number of esters is 1. The summed E-state index contributed by atoms with van der Waals surface area (Å²) in [6.45, 7) is 0.0135. The van der Waals surface area contributed by atoms with Crippen LogP contribution in [0.3, 0.4) is 0 Å². The minimum absolute atomic E-state index is 0.0135. The molecule has 0 aromatic heterocycles. The Morgan fingerprint density at radius 3 is 2.56 bits per heavy atom. The zero-order valence-corrected chi connectivity index (χ0v) is 14.5. The normalized spacial score (nSPS) is 15.0. The molecule has 1 aliphatic rings. The molecule has 3 N–H and O–H groups in total. The van der Waals surface area contributed by atoms with Crippen LogP contribution in [0.1, 0.15) is 21.8 Å². The molecule has 0 unspecified atom stereocenters. The zero-order valence-electron chi connectivity index (χ0n) is 14.5. The molecule has 1 atom stereocenters. The van der Waals surface area contributed by atoms with Gasteiger partial charge in [-0.05, 0) is 29.8 Å². The number of fused-ring (bicyclic) bond motifs is 1. The molecular weight excluding hydrogens is 350 g/mol. The van der Waals surface area contributed by atoms with Gasteiger partial charge in [-0.1, -0.05) is 24.3 Å². The van der Waals surface area contributed by atoms with Crippen molar-refractivity contribution in [1.29, 1.82) is 0 Å². The molecule has 0 aliphatic carbocycles. The molecule has 2 aromatic rings. The summed E-state index contributed by atoms with van der Waals surface area (Å²) in [4.78, 5) is 49.5. The summed E-state index contributed by atoms with van der Waals surface area (Å²) < 4.78 is 4.79. The second-order valence-electron chi connectivity index (χ2n) is 5.95. The number of carbonyl (C=O) groups excluding carboxylic acids is 4. The molecule has 0 saturated heterocycles. The van der Waals surface area contributed by atoms with E-state index in [0.717, 1.165) is 0 Å². The number of hydrogen-bond donors (Lipinski definition) is 2. The number of hydrogen-bond acceptors (Lipinski definition) is 5. The summed E-state index contributed by atoms with van der Waals surface area (Å²) >= 11 is 0. The molecule has 0 radical (unpaired) electrons. The lowest BCUT2D eigenvalue weighted by Crippen LogP contribution is -2.39. The van der Waals surface area contributed by atoms with Crippen LogP contribution in [0.4, 0.5) is 11.4 Å². The number of amides is 3. The number of benzene rings is 2.